The third kappa shape index (κ3) is 2.35. The fourth-order valence-electron chi connectivity index (χ4n) is 1.32. The van der Waals surface area contributed by atoms with Crippen LogP contribution in [0, 0.1) is 0 Å². The average molecular weight is 313 g/mol. The lowest BCUT2D eigenvalue weighted by molar-refractivity contribution is 0.0545. The Balaban J connectivity index is 2.34. The number of carbonyl (C=O) groups is 1. The van der Waals surface area contributed by atoms with Gasteiger partial charge in [-0.15, -0.1) is 0 Å². The van der Waals surface area contributed by atoms with Gasteiger partial charge in [-0.05, 0) is 34.1 Å². The molecule has 0 atom stereocenters. The van der Waals surface area contributed by atoms with E-state index in [1.807, 2.05) is 0 Å². The molecule has 1 heterocycles. The van der Waals surface area contributed by atoms with Gasteiger partial charge in [0, 0.05) is 5.56 Å². The van der Waals surface area contributed by atoms with E-state index >= 15 is 0 Å². The zero-order valence-corrected chi connectivity index (χ0v) is 11.2. The van der Waals surface area contributed by atoms with E-state index in [1.165, 1.54) is 7.11 Å². The van der Waals surface area contributed by atoms with Crippen LogP contribution in [0.5, 0.6) is 5.75 Å². The molecule has 7 heteroatoms. The Bertz CT molecular complexity index is 582. The molecule has 0 saturated heterocycles. The molecule has 0 aliphatic heterocycles. The SMILES string of the molecule is COC(=O)c1nc(-c2ccc(OC)c(Br)c2)no1. The van der Waals surface area contributed by atoms with Crippen LogP contribution in [0.25, 0.3) is 11.4 Å². The van der Waals surface area contributed by atoms with Crippen LogP contribution in [0.1, 0.15) is 10.7 Å². The summed E-state index contributed by atoms with van der Waals surface area (Å²) >= 11 is 3.35. The summed E-state index contributed by atoms with van der Waals surface area (Å²) in [4.78, 5) is 15.1. The van der Waals surface area contributed by atoms with E-state index in [1.54, 1.807) is 25.3 Å². The summed E-state index contributed by atoms with van der Waals surface area (Å²) in [5.74, 6) is 0.148. The molecule has 0 aliphatic carbocycles. The molecule has 0 fully saturated rings. The van der Waals surface area contributed by atoms with Gasteiger partial charge in [0.1, 0.15) is 5.75 Å². The predicted molar refractivity (Wildman–Crippen MR) is 65.3 cm³/mol. The molecule has 0 saturated carbocycles. The van der Waals surface area contributed by atoms with Crippen molar-refractivity contribution in [3.05, 3.63) is 28.6 Å². The van der Waals surface area contributed by atoms with Crippen molar-refractivity contribution >= 4 is 21.9 Å². The van der Waals surface area contributed by atoms with Crippen molar-refractivity contribution < 1.29 is 18.8 Å². The Morgan fingerprint density at radius 1 is 1.39 bits per heavy atom. The van der Waals surface area contributed by atoms with E-state index < -0.39 is 5.97 Å². The Morgan fingerprint density at radius 2 is 2.17 bits per heavy atom. The molecule has 0 unspecified atom stereocenters. The number of hydrogen-bond acceptors (Lipinski definition) is 6. The Labute approximate surface area is 111 Å². The van der Waals surface area contributed by atoms with E-state index in [2.05, 4.69) is 30.8 Å². The molecule has 0 bridgehead atoms. The van der Waals surface area contributed by atoms with Gasteiger partial charge < -0.3 is 14.0 Å². The minimum atomic E-state index is -0.665. The molecule has 94 valence electrons. The summed E-state index contributed by atoms with van der Waals surface area (Å²) in [7, 11) is 2.82. The summed E-state index contributed by atoms with van der Waals surface area (Å²) < 4.78 is 15.1. The lowest BCUT2D eigenvalue weighted by atomic mass is 10.2. The lowest BCUT2D eigenvalue weighted by Crippen LogP contribution is -2.00. The highest BCUT2D eigenvalue weighted by Crippen LogP contribution is 2.29. The highest BCUT2D eigenvalue weighted by atomic mass is 79.9. The fraction of sp³-hybridized carbons (Fsp3) is 0.182. The summed E-state index contributed by atoms with van der Waals surface area (Å²) in [5.41, 5.74) is 0.696. The molecule has 2 aromatic rings. The van der Waals surface area contributed by atoms with Crippen molar-refractivity contribution in [2.75, 3.05) is 14.2 Å². The normalized spacial score (nSPS) is 10.2. The third-order valence-electron chi connectivity index (χ3n) is 2.20. The van der Waals surface area contributed by atoms with Crippen LogP contribution in [0.3, 0.4) is 0 Å². The van der Waals surface area contributed by atoms with Crippen molar-refractivity contribution in [1.29, 1.82) is 0 Å². The van der Waals surface area contributed by atoms with Crippen molar-refractivity contribution in [3.63, 3.8) is 0 Å². The van der Waals surface area contributed by atoms with Crippen LogP contribution in [-0.4, -0.2) is 30.3 Å². The molecule has 1 aromatic heterocycles. The highest BCUT2D eigenvalue weighted by Gasteiger charge is 2.16. The minimum absolute atomic E-state index is 0.181. The zero-order chi connectivity index (χ0) is 13.1. The van der Waals surface area contributed by atoms with Crippen molar-refractivity contribution in [2.45, 2.75) is 0 Å². The second kappa shape index (κ2) is 5.18. The van der Waals surface area contributed by atoms with Crippen LogP contribution in [0.4, 0.5) is 0 Å². The second-order valence-electron chi connectivity index (χ2n) is 3.26. The monoisotopic (exact) mass is 312 g/mol. The van der Waals surface area contributed by atoms with Crippen LogP contribution in [0.15, 0.2) is 27.2 Å². The number of ether oxygens (including phenoxy) is 2. The number of esters is 1. The molecule has 0 N–H and O–H groups in total. The highest BCUT2D eigenvalue weighted by molar-refractivity contribution is 9.10. The Morgan fingerprint density at radius 3 is 2.78 bits per heavy atom. The van der Waals surface area contributed by atoms with Gasteiger partial charge in [-0.1, -0.05) is 5.16 Å². The van der Waals surface area contributed by atoms with E-state index in [0.717, 1.165) is 4.47 Å². The van der Waals surface area contributed by atoms with Gasteiger partial charge in [-0.3, -0.25) is 0 Å². The summed E-state index contributed by atoms with van der Waals surface area (Å²) in [5, 5.41) is 3.70. The minimum Gasteiger partial charge on any atom is -0.496 e. The largest absolute Gasteiger partial charge is 0.496 e. The number of rotatable bonds is 3. The number of aromatic nitrogens is 2. The van der Waals surface area contributed by atoms with Gasteiger partial charge in [0.2, 0.25) is 5.82 Å². The zero-order valence-electron chi connectivity index (χ0n) is 9.64. The number of hydrogen-bond donors (Lipinski definition) is 0. The third-order valence-corrected chi connectivity index (χ3v) is 2.82. The fourth-order valence-corrected chi connectivity index (χ4v) is 1.86. The number of methoxy groups -OCH3 is 2. The maximum atomic E-state index is 11.2. The molecule has 0 amide bonds. The van der Waals surface area contributed by atoms with Crippen LogP contribution < -0.4 is 4.74 Å². The van der Waals surface area contributed by atoms with Gasteiger partial charge in [0.15, 0.2) is 0 Å². The summed E-state index contributed by atoms with van der Waals surface area (Å²) in [6.07, 6.45) is 0. The Hall–Kier alpha value is -1.89. The number of halogens is 1. The Kier molecular flexibility index (Phi) is 3.61. The number of carbonyl (C=O) groups excluding carboxylic acids is 1. The maximum Gasteiger partial charge on any atom is 0.397 e. The van der Waals surface area contributed by atoms with Crippen molar-refractivity contribution in [3.8, 4) is 17.1 Å². The molecule has 2 rings (SSSR count). The molecule has 18 heavy (non-hydrogen) atoms. The molecule has 1 aromatic carbocycles. The van der Waals surface area contributed by atoms with Crippen LogP contribution in [-0.2, 0) is 4.74 Å². The lowest BCUT2D eigenvalue weighted by Gasteiger charge is -2.03. The molecule has 6 nitrogen and oxygen atoms in total. The maximum absolute atomic E-state index is 11.2. The smallest absolute Gasteiger partial charge is 0.397 e. The molecular formula is C11H9BrN2O4. The second-order valence-corrected chi connectivity index (χ2v) is 4.12. The van der Waals surface area contributed by atoms with Crippen LogP contribution in [0.2, 0.25) is 0 Å². The standard InChI is InChI=1S/C11H9BrN2O4/c1-16-8-4-3-6(5-7(8)12)9-13-10(18-14-9)11(15)17-2/h3-5H,1-2H3. The summed E-state index contributed by atoms with van der Waals surface area (Å²) in [6.45, 7) is 0. The van der Waals surface area contributed by atoms with E-state index in [4.69, 9.17) is 9.26 Å². The molecule has 0 spiro atoms. The first-order chi connectivity index (χ1) is 8.65. The molecule has 0 aliphatic rings. The first kappa shape index (κ1) is 12.6. The molecule has 0 radical (unpaired) electrons. The predicted octanol–water partition coefficient (Wildman–Crippen LogP) is 2.29. The number of benzene rings is 1. The summed E-state index contributed by atoms with van der Waals surface area (Å²) in [6, 6.07) is 5.29. The van der Waals surface area contributed by atoms with Gasteiger partial charge in [-0.2, -0.15) is 4.98 Å². The van der Waals surface area contributed by atoms with E-state index in [9.17, 15) is 4.79 Å². The van der Waals surface area contributed by atoms with Crippen molar-refractivity contribution in [1.82, 2.24) is 10.1 Å². The first-order valence-corrected chi connectivity index (χ1v) is 5.71. The van der Waals surface area contributed by atoms with Crippen LogP contribution >= 0.6 is 15.9 Å². The van der Waals surface area contributed by atoms with E-state index in [0.29, 0.717) is 17.1 Å². The van der Waals surface area contributed by atoms with Gasteiger partial charge in [-0.25, -0.2) is 4.79 Å². The quantitative estimate of drug-likeness (QED) is 0.809. The van der Waals surface area contributed by atoms with Crippen molar-refractivity contribution in [2.24, 2.45) is 0 Å². The van der Waals surface area contributed by atoms with E-state index in [-0.39, 0.29) is 5.89 Å². The first-order valence-electron chi connectivity index (χ1n) is 4.91. The molecular weight excluding hydrogens is 304 g/mol. The average Bonchev–Trinajstić information content (AvgIpc) is 2.87. The number of nitrogens with zero attached hydrogens (tertiary/aromatic N) is 2. The van der Waals surface area contributed by atoms with Gasteiger partial charge in [0.25, 0.3) is 0 Å². The van der Waals surface area contributed by atoms with Gasteiger partial charge >= 0.3 is 11.9 Å². The topological polar surface area (TPSA) is 74.5 Å². The van der Waals surface area contributed by atoms with Gasteiger partial charge in [0.05, 0.1) is 18.7 Å².